The molecule has 0 bridgehead atoms. The normalized spacial score (nSPS) is 10.6. The molecule has 0 unspecified atom stereocenters. The van der Waals surface area contributed by atoms with E-state index in [0.29, 0.717) is 11.3 Å². The smallest absolute Gasteiger partial charge is 0.331 e. The molecule has 0 atom stereocenters. The number of ether oxygens (including phenoxy) is 2. The number of thioether (sulfide) groups is 1. The highest BCUT2D eigenvalue weighted by molar-refractivity contribution is 7.98. The fraction of sp³-hybridized carbons (Fsp3) is 0.200. The Morgan fingerprint density at radius 1 is 1.24 bits per heavy atom. The summed E-state index contributed by atoms with van der Waals surface area (Å²) >= 11 is 1.62. The lowest BCUT2D eigenvalue weighted by atomic mass is 10.1. The Morgan fingerprint density at radius 2 is 1.93 bits per heavy atom. The SMILES string of the molecule is COc1cc(NC(=O)COC(=O)/C=C/c2ccc(SC)cc2)c(C)cc1[N+](=O)[O-]. The Kier molecular flexibility index (Phi) is 7.79. The molecule has 0 saturated carbocycles. The standard InChI is InChI=1S/C20H20N2O6S/c1-13-10-17(22(25)26)18(27-2)11-16(13)21-19(23)12-28-20(24)9-6-14-4-7-15(29-3)8-5-14/h4-11H,12H2,1-3H3,(H,21,23)/b9-6+. The highest BCUT2D eigenvalue weighted by Gasteiger charge is 2.18. The number of hydrogen-bond donors (Lipinski definition) is 1. The van der Waals surface area contributed by atoms with Gasteiger partial charge in [-0.1, -0.05) is 12.1 Å². The van der Waals surface area contributed by atoms with Gasteiger partial charge in [-0.3, -0.25) is 14.9 Å². The van der Waals surface area contributed by atoms with E-state index in [9.17, 15) is 19.7 Å². The van der Waals surface area contributed by atoms with Gasteiger partial charge < -0.3 is 14.8 Å². The molecular weight excluding hydrogens is 396 g/mol. The summed E-state index contributed by atoms with van der Waals surface area (Å²) in [6, 6.07) is 10.3. The number of nitro groups is 1. The first kappa shape index (κ1) is 22.0. The van der Waals surface area contributed by atoms with Crippen LogP contribution in [0.15, 0.2) is 47.4 Å². The van der Waals surface area contributed by atoms with Crippen molar-refractivity contribution in [2.45, 2.75) is 11.8 Å². The molecule has 0 aliphatic rings. The molecule has 0 saturated heterocycles. The first-order chi connectivity index (χ1) is 13.8. The molecule has 1 amide bonds. The summed E-state index contributed by atoms with van der Waals surface area (Å²) < 4.78 is 9.90. The van der Waals surface area contributed by atoms with Gasteiger partial charge in [0.05, 0.1) is 12.0 Å². The van der Waals surface area contributed by atoms with Crippen LogP contribution in [0.1, 0.15) is 11.1 Å². The summed E-state index contributed by atoms with van der Waals surface area (Å²) in [4.78, 5) is 35.4. The van der Waals surface area contributed by atoms with Crippen molar-refractivity contribution >= 4 is 41.1 Å². The van der Waals surface area contributed by atoms with Crippen molar-refractivity contribution in [1.29, 1.82) is 0 Å². The summed E-state index contributed by atoms with van der Waals surface area (Å²) in [5.74, 6) is -1.22. The van der Waals surface area contributed by atoms with Gasteiger partial charge in [-0.05, 0) is 42.5 Å². The molecule has 9 heteroatoms. The number of nitrogens with zero attached hydrogens (tertiary/aromatic N) is 1. The first-order valence-electron chi connectivity index (χ1n) is 8.45. The minimum atomic E-state index is -0.660. The number of methoxy groups -OCH3 is 1. The highest BCUT2D eigenvalue weighted by atomic mass is 32.2. The molecule has 29 heavy (non-hydrogen) atoms. The molecule has 0 aliphatic carbocycles. The van der Waals surface area contributed by atoms with Crippen LogP contribution in [0.2, 0.25) is 0 Å². The molecule has 152 valence electrons. The lowest BCUT2D eigenvalue weighted by Crippen LogP contribution is -2.20. The second kappa shape index (κ2) is 10.3. The van der Waals surface area contributed by atoms with Crippen LogP contribution < -0.4 is 10.1 Å². The van der Waals surface area contributed by atoms with Gasteiger partial charge in [-0.25, -0.2) is 4.79 Å². The van der Waals surface area contributed by atoms with Gasteiger partial charge in [-0.2, -0.15) is 0 Å². The molecule has 2 rings (SSSR count). The van der Waals surface area contributed by atoms with Gasteiger partial charge in [-0.15, -0.1) is 11.8 Å². The van der Waals surface area contributed by atoms with Crippen molar-refractivity contribution in [3.05, 3.63) is 63.7 Å². The van der Waals surface area contributed by atoms with Gasteiger partial charge in [0.1, 0.15) is 0 Å². The molecule has 1 N–H and O–H groups in total. The third-order valence-electron chi connectivity index (χ3n) is 3.87. The number of carbonyl (C=O) groups excluding carboxylic acids is 2. The van der Waals surface area contributed by atoms with Gasteiger partial charge >= 0.3 is 11.7 Å². The largest absolute Gasteiger partial charge is 0.490 e. The van der Waals surface area contributed by atoms with E-state index in [4.69, 9.17) is 9.47 Å². The van der Waals surface area contributed by atoms with E-state index in [0.717, 1.165) is 10.5 Å². The van der Waals surface area contributed by atoms with Crippen molar-refractivity contribution in [3.63, 3.8) is 0 Å². The molecule has 0 aliphatic heterocycles. The monoisotopic (exact) mass is 416 g/mol. The van der Waals surface area contributed by atoms with E-state index in [1.54, 1.807) is 24.8 Å². The molecular formula is C20H20N2O6S. The molecule has 2 aromatic carbocycles. The third kappa shape index (κ3) is 6.35. The number of hydrogen-bond acceptors (Lipinski definition) is 7. The number of rotatable bonds is 8. The van der Waals surface area contributed by atoms with E-state index in [-0.39, 0.29) is 11.4 Å². The van der Waals surface area contributed by atoms with Crippen LogP contribution in [0, 0.1) is 17.0 Å². The Bertz CT molecular complexity index is 941. The predicted molar refractivity (Wildman–Crippen MR) is 111 cm³/mol. The van der Waals surface area contributed by atoms with Crippen LogP contribution in [-0.2, 0) is 14.3 Å². The highest BCUT2D eigenvalue weighted by Crippen LogP contribution is 2.32. The molecule has 0 aromatic heterocycles. The lowest BCUT2D eigenvalue weighted by Gasteiger charge is -2.10. The van der Waals surface area contributed by atoms with Crippen molar-refractivity contribution < 1.29 is 24.0 Å². The molecule has 0 radical (unpaired) electrons. The topological polar surface area (TPSA) is 108 Å². The second-order valence-electron chi connectivity index (χ2n) is 5.86. The maximum atomic E-state index is 12.0. The molecule has 0 fully saturated rings. The van der Waals surface area contributed by atoms with Gasteiger partial charge in [0.15, 0.2) is 12.4 Å². The fourth-order valence-corrected chi connectivity index (χ4v) is 2.77. The first-order valence-corrected chi connectivity index (χ1v) is 9.68. The van der Waals surface area contributed by atoms with Crippen molar-refractivity contribution in [2.75, 3.05) is 25.3 Å². The Balaban J connectivity index is 1.92. The van der Waals surface area contributed by atoms with Crippen molar-refractivity contribution in [3.8, 4) is 5.75 Å². The average molecular weight is 416 g/mol. The maximum Gasteiger partial charge on any atom is 0.331 e. The Morgan fingerprint density at radius 3 is 2.52 bits per heavy atom. The number of aryl methyl sites for hydroxylation is 1. The van der Waals surface area contributed by atoms with Crippen LogP contribution in [0.5, 0.6) is 5.75 Å². The second-order valence-corrected chi connectivity index (χ2v) is 6.74. The summed E-state index contributed by atoms with van der Waals surface area (Å²) in [5, 5.41) is 13.6. The van der Waals surface area contributed by atoms with Gasteiger partial charge in [0.2, 0.25) is 0 Å². The number of amides is 1. The number of nitro benzene ring substituents is 1. The van der Waals surface area contributed by atoms with Crippen LogP contribution in [0.25, 0.3) is 6.08 Å². The van der Waals surface area contributed by atoms with E-state index >= 15 is 0 Å². The summed E-state index contributed by atoms with van der Waals surface area (Å²) in [5.41, 5.74) is 1.44. The fourth-order valence-electron chi connectivity index (χ4n) is 2.36. The van der Waals surface area contributed by atoms with Crippen LogP contribution in [0.4, 0.5) is 11.4 Å². The van der Waals surface area contributed by atoms with Gasteiger partial charge in [0, 0.05) is 28.8 Å². The van der Waals surface area contributed by atoms with Crippen LogP contribution >= 0.6 is 11.8 Å². The van der Waals surface area contributed by atoms with Crippen molar-refractivity contribution in [2.24, 2.45) is 0 Å². The van der Waals surface area contributed by atoms with Crippen LogP contribution in [-0.4, -0.2) is 36.8 Å². The minimum Gasteiger partial charge on any atom is -0.490 e. The summed E-state index contributed by atoms with van der Waals surface area (Å²) in [7, 11) is 1.30. The Hall–Kier alpha value is -3.33. The molecule has 0 heterocycles. The predicted octanol–water partition coefficient (Wildman–Crippen LogP) is 3.83. The number of nitrogens with one attached hydrogen (secondary N) is 1. The van der Waals surface area contributed by atoms with E-state index in [2.05, 4.69) is 5.32 Å². The number of esters is 1. The van der Waals surface area contributed by atoms with Crippen LogP contribution in [0.3, 0.4) is 0 Å². The summed E-state index contributed by atoms with van der Waals surface area (Å²) in [6.07, 6.45) is 4.80. The summed E-state index contributed by atoms with van der Waals surface area (Å²) in [6.45, 7) is 1.12. The lowest BCUT2D eigenvalue weighted by molar-refractivity contribution is -0.385. The zero-order valence-corrected chi connectivity index (χ0v) is 16.9. The van der Waals surface area contributed by atoms with Gasteiger partial charge in [0.25, 0.3) is 5.91 Å². The molecule has 0 spiro atoms. The van der Waals surface area contributed by atoms with E-state index in [1.165, 1.54) is 25.3 Å². The van der Waals surface area contributed by atoms with Crippen molar-refractivity contribution in [1.82, 2.24) is 0 Å². The number of carbonyl (C=O) groups is 2. The number of anilines is 1. The maximum absolute atomic E-state index is 12.0. The molecule has 8 nitrogen and oxygen atoms in total. The Labute approximate surface area is 172 Å². The zero-order chi connectivity index (χ0) is 21.4. The number of benzene rings is 2. The van der Waals surface area contributed by atoms with E-state index < -0.39 is 23.4 Å². The minimum absolute atomic E-state index is 0.0170. The van der Waals surface area contributed by atoms with E-state index in [1.807, 2.05) is 30.5 Å². The zero-order valence-electron chi connectivity index (χ0n) is 16.1. The average Bonchev–Trinajstić information content (AvgIpc) is 2.72. The molecule has 2 aromatic rings. The third-order valence-corrected chi connectivity index (χ3v) is 4.61. The quantitative estimate of drug-likeness (QED) is 0.229.